The van der Waals surface area contributed by atoms with E-state index in [2.05, 4.69) is 152 Å². The fraction of sp³-hybridized carbons (Fsp3) is 0.392. The van der Waals surface area contributed by atoms with E-state index in [0.29, 0.717) is 46.7 Å². The zero-order valence-electron chi connectivity index (χ0n) is 32.2. The molecule has 11 rings (SSSR count). The molecule has 2 aliphatic heterocycles. The molecule has 278 valence electrons. The van der Waals surface area contributed by atoms with Gasteiger partial charge in [-0.1, -0.05) is 98.9 Å². The third kappa shape index (κ3) is 5.14. The molecule has 1 fully saturated rings. The number of nitrogens with two attached hydrogens (primary N) is 1. The smallest absolute Gasteiger partial charge is 0.133 e. The van der Waals surface area contributed by atoms with Crippen LogP contribution in [0.3, 0.4) is 0 Å². The van der Waals surface area contributed by atoms with Crippen LogP contribution in [0.25, 0.3) is 6.08 Å². The Morgan fingerprint density at radius 2 is 1.89 bits per heavy atom. The molecule has 7 aliphatic carbocycles. The lowest BCUT2D eigenvalue weighted by molar-refractivity contribution is 0.240. The average molecular weight is 741 g/mol. The second kappa shape index (κ2) is 13.2. The lowest BCUT2D eigenvalue weighted by Gasteiger charge is -2.40. The Labute approximate surface area is 331 Å². The van der Waals surface area contributed by atoms with Crippen LogP contribution < -0.4 is 10.6 Å². The summed E-state index contributed by atoms with van der Waals surface area (Å²) in [6.07, 6.45) is 41.4. The standard InChI is InChI=1S/C51H52N2OS/c1-31-30-32(2)43-39-27-28-41-44(45-40-26-12-13-29-51(40,45)53(41)35-21-10-5-11-22-35)49(39)55-50(43)42(31)38-25-15-24-36-37(23-14-18-33-16-6-3-7-17-33)48(54-47(36)38)46(52)34-19-8-4-9-20-34/h3,5-6,8,10-13,16,18-23,26-29,31-32,38-40,42,45-46,49H,4,7,9,15,17,24-25,30,52H2,1-2H3. The van der Waals surface area contributed by atoms with Crippen LogP contribution in [0.1, 0.15) is 93.4 Å². The van der Waals surface area contributed by atoms with Crippen molar-refractivity contribution in [3.8, 4) is 0 Å². The van der Waals surface area contributed by atoms with Gasteiger partial charge in [0.05, 0.1) is 11.6 Å². The highest BCUT2D eigenvalue weighted by Crippen LogP contribution is 2.73. The molecule has 3 nitrogen and oxygen atoms in total. The Morgan fingerprint density at radius 3 is 2.73 bits per heavy atom. The molecule has 0 bridgehead atoms. The summed E-state index contributed by atoms with van der Waals surface area (Å²) in [4.78, 5) is 4.39. The maximum Gasteiger partial charge on any atom is 0.133 e. The van der Waals surface area contributed by atoms with Crippen LogP contribution in [0.5, 0.6) is 0 Å². The normalized spacial score (nSPS) is 35.2. The minimum Gasteiger partial charge on any atom is -0.463 e. The van der Waals surface area contributed by atoms with E-state index in [1.165, 1.54) is 58.7 Å². The van der Waals surface area contributed by atoms with Crippen LogP contribution >= 0.6 is 11.8 Å². The Balaban J connectivity index is 0.986. The van der Waals surface area contributed by atoms with Crippen molar-refractivity contribution in [1.82, 2.24) is 0 Å². The molecular weight excluding hydrogens is 689 g/mol. The number of nitrogens with zero attached hydrogens (tertiary/aromatic N) is 1. The number of hydrogen-bond acceptors (Lipinski definition) is 4. The highest BCUT2D eigenvalue weighted by Gasteiger charge is 2.73. The number of fused-ring (bicyclic) bond motifs is 6. The maximum atomic E-state index is 7.23. The number of benzene rings is 1. The van der Waals surface area contributed by atoms with Crippen molar-refractivity contribution < 1.29 is 4.42 Å². The van der Waals surface area contributed by atoms with Crippen molar-refractivity contribution in [3.05, 3.63) is 171 Å². The third-order valence-electron chi connectivity index (χ3n) is 14.5. The summed E-state index contributed by atoms with van der Waals surface area (Å²) in [7, 11) is 0. The molecule has 2 N–H and O–H groups in total. The highest BCUT2D eigenvalue weighted by molar-refractivity contribution is 8.04. The molecular formula is C51H52N2OS. The van der Waals surface area contributed by atoms with Gasteiger partial charge in [-0.15, -0.1) is 17.5 Å². The molecule has 1 saturated carbocycles. The van der Waals surface area contributed by atoms with E-state index in [0.717, 1.165) is 37.9 Å². The first kappa shape index (κ1) is 34.1. The molecule has 0 amide bonds. The van der Waals surface area contributed by atoms with E-state index in [4.69, 9.17) is 10.2 Å². The first-order valence-corrected chi connectivity index (χ1v) is 22.0. The Bertz CT molecular complexity index is 2300. The quantitative estimate of drug-likeness (QED) is 0.300. The van der Waals surface area contributed by atoms with Crippen molar-refractivity contribution in [3.63, 3.8) is 0 Å². The second-order valence-corrected chi connectivity index (χ2v) is 18.8. The van der Waals surface area contributed by atoms with Gasteiger partial charge in [0, 0.05) is 57.4 Å². The fourth-order valence-electron chi connectivity index (χ4n) is 12.2. The molecule has 0 radical (unpaired) electrons. The molecule has 1 aromatic carbocycles. The van der Waals surface area contributed by atoms with Crippen LogP contribution in [0.2, 0.25) is 0 Å². The van der Waals surface area contributed by atoms with Crippen molar-refractivity contribution in [2.45, 2.75) is 88.0 Å². The van der Waals surface area contributed by atoms with E-state index < -0.39 is 0 Å². The number of rotatable bonds is 6. The fourth-order valence-corrected chi connectivity index (χ4v) is 14.3. The first-order valence-electron chi connectivity index (χ1n) is 21.1. The van der Waals surface area contributed by atoms with Gasteiger partial charge in [-0.05, 0) is 121 Å². The summed E-state index contributed by atoms with van der Waals surface area (Å²) in [5.41, 5.74) is 22.1. The van der Waals surface area contributed by atoms with Gasteiger partial charge in [0.25, 0.3) is 0 Å². The minimum atomic E-state index is -0.280. The number of furan rings is 1. The minimum absolute atomic E-state index is 0.0368. The molecule has 4 heteroatoms. The molecule has 3 heterocycles. The summed E-state index contributed by atoms with van der Waals surface area (Å²) in [5.74, 6) is 5.66. The first-order chi connectivity index (χ1) is 27.0. The SMILES string of the molecule is CC1CC(C)C(C2CCCc3c2oc(C(N)C2=CCCC=C2)c3C=C=CC2=CC=CCC2)C2=C1C1C=CC3=C(C1S2)C1C2C=CC=CC21N3c1ccccc1. The number of hydrogen-bond donors (Lipinski definition) is 1. The van der Waals surface area contributed by atoms with Gasteiger partial charge in [-0.25, -0.2) is 0 Å². The topological polar surface area (TPSA) is 42.4 Å². The number of anilines is 1. The predicted octanol–water partition coefficient (Wildman–Crippen LogP) is 12.2. The molecule has 1 aromatic heterocycles. The van der Waals surface area contributed by atoms with Crippen molar-refractivity contribution in [1.29, 1.82) is 0 Å². The molecule has 2 aromatic rings. The van der Waals surface area contributed by atoms with E-state index >= 15 is 0 Å². The van der Waals surface area contributed by atoms with E-state index in [1.54, 1.807) is 16.1 Å². The number of para-hydroxylation sites is 1. The van der Waals surface area contributed by atoms with Crippen LogP contribution in [-0.2, 0) is 6.42 Å². The molecule has 55 heavy (non-hydrogen) atoms. The van der Waals surface area contributed by atoms with Gasteiger partial charge >= 0.3 is 0 Å². The van der Waals surface area contributed by atoms with Crippen LogP contribution in [-0.4, -0.2) is 10.8 Å². The van der Waals surface area contributed by atoms with E-state index in [-0.39, 0.29) is 11.6 Å². The van der Waals surface area contributed by atoms with E-state index in [9.17, 15) is 0 Å². The largest absolute Gasteiger partial charge is 0.463 e. The summed E-state index contributed by atoms with van der Waals surface area (Å²) in [6, 6.07) is 10.9. The summed E-state index contributed by atoms with van der Waals surface area (Å²) in [6.45, 7) is 5.06. The zero-order chi connectivity index (χ0) is 36.8. The van der Waals surface area contributed by atoms with Crippen molar-refractivity contribution in [2.24, 2.45) is 41.2 Å². The van der Waals surface area contributed by atoms with Crippen molar-refractivity contribution in [2.75, 3.05) is 4.90 Å². The number of thioether (sulfide) groups is 1. The third-order valence-corrected chi connectivity index (χ3v) is 16.1. The highest BCUT2D eigenvalue weighted by atomic mass is 32.2. The summed E-state index contributed by atoms with van der Waals surface area (Å²) in [5, 5.41) is 0.462. The van der Waals surface area contributed by atoms with Gasteiger partial charge in [-0.2, -0.15) is 0 Å². The molecule has 1 spiro atoms. The predicted molar refractivity (Wildman–Crippen MR) is 228 cm³/mol. The van der Waals surface area contributed by atoms with E-state index in [1.807, 2.05) is 0 Å². The lowest BCUT2D eigenvalue weighted by atomic mass is 9.65. The lowest BCUT2D eigenvalue weighted by Crippen LogP contribution is -2.36. The summed E-state index contributed by atoms with van der Waals surface area (Å²) < 4.78 is 7.23. The second-order valence-electron chi connectivity index (χ2n) is 17.6. The Morgan fingerprint density at radius 1 is 0.982 bits per heavy atom. The zero-order valence-corrected chi connectivity index (χ0v) is 33.0. The molecule has 10 atom stereocenters. The molecule has 0 saturated heterocycles. The van der Waals surface area contributed by atoms with Gasteiger partial charge in [0.2, 0.25) is 0 Å². The Kier molecular flexibility index (Phi) is 8.17. The Hall–Kier alpha value is -4.21. The maximum absolute atomic E-state index is 7.23. The van der Waals surface area contributed by atoms with Gasteiger partial charge < -0.3 is 15.1 Å². The summed E-state index contributed by atoms with van der Waals surface area (Å²) >= 11 is 2.25. The van der Waals surface area contributed by atoms with Gasteiger partial charge in [0.15, 0.2) is 0 Å². The van der Waals surface area contributed by atoms with Crippen LogP contribution in [0.15, 0.2) is 152 Å². The average Bonchev–Trinajstić information content (AvgIpc) is 3.44. The molecule has 9 aliphatic rings. The monoisotopic (exact) mass is 740 g/mol. The van der Waals surface area contributed by atoms with Gasteiger partial charge in [0.1, 0.15) is 11.5 Å². The number of allylic oxidation sites excluding steroid dienone is 13. The molecule has 10 unspecified atom stereocenters. The van der Waals surface area contributed by atoms with Crippen LogP contribution in [0.4, 0.5) is 5.69 Å². The van der Waals surface area contributed by atoms with Gasteiger partial charge in [-0.3, -0.25) is 0 Å². The van der Waals surface area contributed by atoms with Crippen molar-refractivity contribution >= 4 is 23.5 Å². The van der Waals surface area contributed by atoms with Crippen LogP contribution in [0, 0.1) is 35.5 Å².